The number of phosphoric ester groups is 2. The predicted molar refractivity (Wildman–Crippen MR) is 372 cm³/mol. The van der Waals surface area contributed by atoms with E-state index in [1.54, 1.807) is 0 Å². The normalized spacial score (nSPS) is 14.3. The number of unbranched alkanes of at least 4 members (excludes halogenated alkanes) is 34. The van der Waals surface area contributed by atoms with Gasteiger partial charge in [0.25, 0.3) is 0 Å². The van der Waals surface area contributed by atoms with Gasteiger partial charge in [0.1, 0.15) is 19.3 Å². The molecule has 0 spiro atoms. The number of phosphoric acid groups is 2. The summed E-state index contributed by atoms with van der Waals surface area (Å²) in [7, 11) is -9.92. The van der Waals surface area contributed by atoms with E-state index in [1.165, 1.54) is 128 Å². The molecule has 0 rings (SSSR count). The lowest BCUT2D eigenvalue weighted by Crippen LogP contribution is -2.30. The molecule has 19 heteroatoms. The van der Waals surface area contributed by atoms with Crippen molar-refractivity contribution in [3.63, 3.8) is 0 Å². The van der Waals surface area contributed by atoms with Gasteiger partial charge < -0.3 is 33.8 Å². The summed E-state index contributed by atoms with van der Waals surface area (Å²) in [5, 5.41) is 10.6. The molecule has 542 valence electrons. The summed E-state index contributed by atoms with van der Waals surface area (Å²) in [4.78, 5) is 72.6. The van der Waals surface area contributed by atoms with Gasteiger partial charge in [-0.15, -0.1) is 0 Å². The number of hydrogen-bond acceptors (Lipinski definition) is 15. The van der Waals surface area contributed by atoms with Crippen molar-refractivity contribution in [3.05, 3.63) is 24.3 Å². The molecule has 0 aromatic carbocycles. The van der Waals surface area contributed by atoms with Gasteiger partial charge in [-0.3, -0.25) is 37.3 Å². The molecule has 0 radical (unpaired) electrons. The van der Waals surface area contributed by atoms with Crippen LogP contribution in [-0.4, -0.2) is 96.7 Å². The molecule has 5 atom stereocenters. The van der Waals surface area contributed by atoms with Crippen LogP contribution in [-0.2, 0) is 65.4 Å². The molecule has 0 aliphatic heterocycles. The van der Waals surface area contributed by atoms with E-state index < -0.39 is 97.5 Å². The molecular formula is C73H138O17P2. The zero-order valence-corrected chi connectivity index (χ0v) is 61.3. The SMILES string of the molecule is CCCCCC/C=C\C=C/CCCCCCCC(=O)O[C@H](COC(=O)CCCCCCCCC(C)C)COP(=O)(O)OCC(O)COP(=O)(O)OC[C@@H](COC(=O)CCCCCCCCCC(C)C)OC(=O)CCCCCCCCCCCCCCCCCC(C)C. The van der Waals surface area contributed by atoms with E-state index in [0.717, 1.165) is 121 Å². The van der Waals surface area contributed by atoms with E-state index in [2.05, 4.69) is 72.8 Å². The molecule has 0 heterocycles. The van der Waals surface area contributed by atoms with Crippen molar-refractivity contribution < 1.29 is 80.2 Å². The summed E-state index contributed by atoms with van der Waals surface area (Å²) in [6.07, 6.45) is 51.1. The average Bonchev–Trinajstić information content (AvgIpc) is 2.95. The van der Waals surface area contributed by atoms with Crippen molar-refractivity contribution in [1.29, 1.82) is 0 Å². The Morgan fingerprint density at radius 3 is 0.880 bits per heavy atom. The molecule has 3 N–H and O–H groups in total. The highest BCUT2D eigenvalue weighted by Gasteiger charge is 2.30. The van der Waals surface area contributed by atoms with E-state index in [1.807, 2.05) is 0 Å². The van der Waals surface area contributed by atoms with Gasteiger partial charge in [0.05, 0.1) is 26.4 Å². The largest absolute Gasteiger partial charge is 0.472 e. The third-order valence-electron chi connectivity index (χ3n) is 16.3. The summed E-state index contributed by atoms with van der Waals surface area (Å²) in [5.74, 6) is 0.0241. The summed E-state index contributed by atoms with van der Waals surface area (Å²) in [6.45, 7) is 11.7. The van der Waals surface area contributed by atoms with Crippen LogP contribution in [0.15, 0.2) is 24.3 Å². The Morgan fingerprint density at radius 1 is 0.337 bits per heavy atom. The van der Waals surface area contributed by atoms with Crippen LogP contribution in [0.5, 0.6) is 0 Å². The van der Waals surface area contributed by atoms with Crippen LogP contribution in [0.3, 0.4) is 0 Å². The summed E-state index contributed by atoms with van der Waals surface area (Å²) >= 11 is 0. The van der Waals surface area contributed by atoms with E-state index in [-0.39, 0.29) is 25.7 Å². The van der Waals surface area contributed by atoms with Crippen LogP contribution in [0.4, 0.5) is 0 Å². The van der Waals surface area contributed by atoms with Gasteiger partial charge in [-0.1, -0.05) is 291 Å². The minimum absolute atomic E-state index is 0.0835. The Balaban J connectivity index is 5.24. The fourth-order valence-corrected chi connectivity index (χ4v) is 12.1. The topological polar surface area (TPSA) is 237 Å². The van der Waals surface area contributed by atoms with Gasteiger partial charge in [0.2, 0.25) is 0 Å². The molecule has 0 aliphatic carbocycles. The average molecular weight is 1350 g/mol. The van der Waals surface area contributed by atoms with Gasteiger partial charge >= 0.3 is 39.5 Å². The molecule has 0 saturated heterocycles. The Bertz CT molecular complexity index is 1890. The standard InChI is InChI=1S/C73H138O17P2/c1-8-9-10-11-12-13-14-15-17-21-24-27-32-42-49-57-73(78)90-69(61-84-71(76)55-48-41-36-35-39-46-53-66(6)7)63-88-92(81,82)86-59-67(74)58-85-91(79,80)87-62-68(60-83-70(75)54-47-40-34-29-31-38-45-52-65(4)5)89-72(77)56-50-43-33-28-25-22-19-16-18-20-23-26-30-37-44-51-64(2)3/h13-15,17,64-69,74H,8-12,16,18-63H2,1-7H3,(H,79,80)(H,81,82)/b14-13-,17-15-/t67?,68-,69-/m1/s1. The lowest BCUT2D eigenvalue weighted by molar-refractivity contribution is -0.161. The number of aliphatic hydroxyl groups excluding tert-OH is 1. The first-order valence-electron chi connectivity index (χ1n) is 37.2. The highest BCUT2D eigenvalue weighted by atomic mass is 31.2. The van der Waals surface area contributed by atoms with Crippen LogP contribution in [0.1, 0.15) is 344 Å². The first-order valence-corrected chi connectivity index (χ1v) is 40.2. The zero-order chi connectivity index (χ0) is 68.0. The van der Waals surface area contributed by atoms with Crippen molar-refractivity contribution in [1.82, 2.24) is 0 Å². The smallest absolute Gasteiger partial charge is 0.462 e. The predicted octanol–water partition coefficient (Wildman–Crippen LogP) is 20.6. The highest BCUT2D eigenvalue weighted by molar-refractivity contribution is 7.47. The third-order valence-corrected chi connectivity index (χ3v) is 18.2. The summed E-state index contributed by atoms with van der Waals surface area (Å²) in [6, 6.07) is 0. The first-order chi connectivity index (χ1) is 44.2. The van der Waals surface area contributed by atoms with Crippen LogP contribution >= 0.6 is 15.6 Å². The van der Waals surface area contributed by atoms with Crippen molar-refractivity contribution in [2.24, 2.45) is 17.8 Å². The maximum atomic E-state index is 13.0. The molecule has 0 saturated carbocycles. The second-order valence-corrected chi connectivity index (χ2v) is 30.0. The lowest BCUT2D eigenvalue weighted by Gasteiger charge is -2.21. The van der Waals surface area contributed by atoms with Gasteiger partial charge in [-0.2, -0.15) is 0 Å². The molecule has 0 fully saturated rings. The number of allylic oxidation sites excluding steroid dienone is 4. The fourth-order valence-electron chi connectivity index (χ4n) is 10.5. The van der Waals surface area contributed by atoms with Crippen molar-refractivity contribution in [2.45, 2.75) is 362 Å². The number of hydrogen-bond donors (Lipinski definition) is 3. The molecule has 0 aromatic rings. The quantitative estimate of drug-likeness (QED) is 0.0169. The van der Waals surface area contributed by atoms with Crippen molar-refractivity contribution in [3.8, 4) is 0 Å². The van der Waals surface area contributed by atoms with Crippen LogP contribution in [0, 0.1) is 17.8 Å². The molecule has 3 unspecified atom stereocenters. The van der Waals surface area contributed by atoms with Gasteiger partial charge in [0, 0.05) is 25.7 Å². The maximum absolute atomic E-state index is 13.0. The zero-order valence-electron chi connectivity index (χ0n) is 59.5. The number of carbonyl (C=O) groups is 4. The number of aliphatic hydroxyl groups is 1. The van der Waals surface area contributed by atoms with Crippen LogP contribution < -0.4 is 0 Å². The van der Waals surface area contributed by atoms with Gasteiger partial charge in [-0.05, 0) is 69.1 Å². The molecule has 0 aromatic heterocycles. The van der Waals surface area contributed by atoms with E-state index >= 15 is 0 Å². The first kappa shape index (κ1) is 89.5. The Hall–Kier alpha value is -2.46. The molecular weight excluding hydrogens is 1210 g/mol. The summed E-state index contributed by atoms with van der Waals surface area (Å²) < 4.78 is 68.3. The molecule has 0 bridgehead atoms. The fraction of sp³-hybridized carbons (Fsp3) is 0.890. The minimum atomic E-state index is -4.96. The van der Waals surface area contributed by atoms with Gasteiger partial charge in [-0.25, -0.2) is 9.13 Å². The van der Waals surface area contributed by atoms with Gasteiger partial charge in [0.15, 0.2) is 12.2 Å². The van der Waals surface area contributed by atoms with Crippen LogP contribution in [0.2, 0.25) is 0 Å². The Labute approximate surface area is 561 Å². The monoisotopic (exact) mass is 1350 g/mol. The van der Waals surface area contributed by atoms with E-state index in [0.29, 0.717) is 37.5 Å². The third kappa shape index (κ3) is 66.2. The lowest BCUT2D eigenvalue weighted by atomic mass is 10.0. The minimum Gasteiger partial charge on any atom is -0.462 e. The Morgan fingerprint density at radius 2 is 0.587 bits per heavy atom. The molecule has 0 amide bonds. The molecule has 92 heavy (non-hydrogen) atoms. The molecule has 0 aliphatic rings. The number of rotatable bonds is 69. The molecule has 17 nitrogen and oxygen atoms in total. The summed E-state index contributed by atoms with van der Waals surface area (Å²) in [5.41, 5.74) is 0. The van der Waals surface area contributed by atoms with Crippen molar-refractivity contribution >= 4 is 39.5 Å². The Kier molecular flexibility index (Phi) is 61.6. The number of ether oxygens (including phenoxy) is 4. The maximum Gasteiger partial charge on any atom is 0.472 e. The number of esters is 4. The van der Waals surface area contributed by atoms with E-state index in [4.69, 9.17) is 37.0 Å². The van der Waals surface area contributed by atoms with E-state index in [9.17, 15) is 43.2 Å². The highest BCUT2D eigenvalue weighted by Crippen LogP contribution is 2.45. The van der Waals surface area contributed by atoms with Crippen LogP contribution in [0.25, 0.3) is 0 Å². The number of carbonyl (C=O) groups excluding carboxylic acids is 4. The second-order valence-electron chi connectivity index (χ2n) is 27.1. The van der Waals surface area contributed by atoms with Crippen molar-refractivity contribution in [2.75, 3.05) is 39.6 Å². The second kappa shape index (κ2) is 63.3.